The molecular formula is C30H28F3N7O3. The summed E-state index contributed by atoms with van der Waals surface area (Å²) in [6.45, 7) is 2.46. The van der Waals surface area contributed by atoms with Crippen LogP contribution in [0.1, 0.15) is 24.5 Å². The van der Waals surface area contributed by atoms with Crippen molar-refractivity contribution >= 4 is 23.6 Å². The maximum Gasteiger partial charge on any atom is 0.573 e. The Hall–Kier alpha value is -5.20. The van der Waals surface area contributed by atoms with Gasteiger partial charge in [0.2, 0.25) is 5.96 Å². The number of carbonyl (C=O) groups excluding carboxylic acids is 2. The lowest BCUT2D eigenvalue weighted by Gasteiger charge is -2.19. The van der Waals surface area contributed by atoms with Gasteiger partial charge in [0.05, 0.1) is 17.9 Å². The molecule has 3 aromatic carbocycles. The summed E-state index contributed by atoms with van der Waals surface area (Å²) >= 11 is 0. The first-order valence-electron chi connectivity index (χ1n) is 13.6. The average Bonchev–Trinajstić information content (AvgIpc) is 3.61. The Morgan fingerprint density at radius 2 is 1.79 bits per heavy atom. The van der Waals surface area contributed by atoms with Crippen LogP contribution >= 0.6 is 0 Å². The second-order valence-corrected chi connectivity index (χ2v) is 9.63. The van der Waals surface area contributed by atoms with Crippen LogP contribution in [-0.2, 0) is 17.6 Å². The number of aliphatic imine (C=N–C) groups is 1. The van der Waals surface area contributed by atoms with Gasteiger partial charge in [-0.2, -0.15) is 4.99 Å². The Labute approximate surface area is 245 Å². The van der Waals surface area contributed by atoms with Crippen LogP contribution in [0.4, 0.5) is 23.7 Å². The topological polar surface area (TPSA) is 114 Å². The second kappa shape index (κ2) is 12.8. The number of aryl methyl sites for hydroxylation is 1. The Balaban J connectivity index is 1.16. The van der Waals surface area contributed by atoms with E-state index in [1.807, 2.05) is 48.5 Å². The van der Waals surface area contributed by atoms with Crippen molar-refractivity contribution < 1.29 is 27.5 Å². The number of hydrogen-bond donors (Lipinski definition) is 2. The number of guanidine groups is 1. The van der Waals surface area contributed by atoms with Gasteiger partial charge in [-0.1, -0.05) is 55.8 Å². The Morgan fingerprint density at radius 3 is 2.51 bits per heavy atom. The molecule has 1 fully saturated rings. The molecule has 1 aliphatic rings. The third-order valence-electron chi connectivity index (χ3n) is 6.55. The van der Waals surface area contributed by atoms with E-state index in [4.69, 9.17) is 0 Å². The number of urea groups is 1. The normalized spacial score (nSPS) is 14.2. The molecule has 43 heavy (non-hydrogen) atoms. The Kier molecular flexibility index (Phi) is 8.69. The van der Waals surface area contributed by atoms with E-state index in [1.165, 1.54) is 40.2 Å². The summed E-state index contributed by atoms with van der Waals surface area (Å²) in [5.41, 5.74) is 3.96. The summed E-state index contributed by atoms with van der Waals surface area (Å²) in [5.74, 6) is 0.141. The van der Waals surface area contributed by atoms with Gasteiger partial charge in [-0.25, -0.2) is 19.4 Å². The fraction of sp³-hybridized carbons (Fsp3) is 0.233. The van der Waals surface area contributed by atoms with Crippen LogP contribution in [0.25, 0.3) is 17.1 Å². The lowest BCUT2D eigenvalue weighted by atomic mass is 10.1. The smallest absolute Gasteiger partial charge is 0.406 e. The molecule has 0 atom stereocenters. The maximum atomic E-state index is 12.6. The quantitative estimate of drug-likeness (QED) is 0.282. The molecule has 2 N–H and O–H groups in total. The number of ether oxygens (including phenoxy) is 1. The summed E-state index contributed by atoms with van der Waals surface area (Å²) in [7, 11) is 0. The summed E-state index contributed by atoms with van der Waals surface area (Å²) in [6, 6.07) is 19.8. The standard InChI is InChI=1S/C30H28F3N7O3/c1-2-5-21-6-3-4-7-25(21)40-26(41)18-35-28(40)37-29(42)34-17-16-20-8-10-22(11-9-20)27-36-19-39(38-27)23-12-14-24(15-13-23)43-30(31,32)33/h3-4,6-15,19H,2,5,16-18H2,1H3,(H2,34,35,37,42). The number of aromatic nitrogens is 3. The third-order valence-corrected chi connectivity index (χ3v) is 6.55. The Bertz CT molecular complexity index is 1620. The first kappa shape index (κ1) is 29.3. The summed E-state index contributed by atoms with van der Waals surface area (Å²) < 4.78 is 42.5. The highest BCUT2D eigenvalue weighted by molar-refractivity contribution is 6.23. The Morgan fingerprint density at radius 1 is 1.05 bits per heavy atom. The van der Waals surface area contributed by atoms with E-state index in [-0.39, 0.29) is 24.2 Å². The van der Waals surface area contributed by atoms with Gasteiger partial charge in [0.15, 0.2) is 5.82 Å². The molecule has 1 aromatic heterocycles. The molecule has 1 aliphatic heterocycles. The molecule has 0 spiro atoms. The molecule has 0 bridgehead atoms. The van der Waals surface area contributed by atoms with Gasteiger partial charge in [0.25, 0.3) is 5.91 Å². The van der Waals surface area contributed by atoms with E-state index >= 15 is 0 Å². The highest BCUT2D eigenvalue weighted by Crippen LogP contribution is 2.25. The number of hydrogen-bond acceptors (Lipinski definition) is 5. The number of alkyl halides is 3. The molecule has 0 radical (unpaired) electrons. The minimum absolute atomic E-state index is 0.0647. The number of para-hydroxylation sites is 1. The van der Waals surface area contributed by atoms with E-state index in [9.17, 15) is 22.8 Å². The number of halogens is 3. The molecule has 0 unspecified atom stereocenters. The summed E-state index contributed by atoms with van der Waals surface area (Å²) in [4.78, 5) is 35.0. The number of benzene rings is 3. The highest BCUT2D eigenvalue weighted by Gasteiger charge is 2.31. The van der Waals surface area contributed by atoms with Crippen molar-refractivity contribution in [2.45, 2.75) is 32.5 Å². The van der Waals surface area contributed by atoms with Gasteiger partial charge >= 0.3 is 12.4 Å². The van der Waals surface area contributed by atoms with Gasteiger partial charge in [-0.15, -0.1) is 18.3 Å². The fourth-order valence-corrected chi connectivity index (χ4v) is 4.57. The van der Waals surface area contributed by atoms with E-state index < -0.39 is 12.4 Å². The summed E-state index contributed by atoms with van der Waals surface area (Å²) in [6.07, 6.45) is -1.03. The van der Waals surface area contributed by atoms with Gasteiger partial charge in [0.1, 0.15) is 12.1 Å². The van der Waals surface area contributed by atoms with E-state index in [1.54, 1.807) is 0 Å². The molecule has 10 nitrogen and oxygen atoms in total. The van der Waals surface area contributed by atoms with Crippen molar-refractivity contribution in [1.82, 2.24) is 25.4 Å². The van der Waals surface area contributed by atoms with Crippen molar-refractivity contribution in [2.75, 3.05) is 18.0 Å². The first-order valence-corrected chi connectivity index (χ1v) is 13.6. The van der Waals surface area contributed by atoms with Crippen molar-refractivity contribution in [3.63, 3.8) is 0 Å². The first-order chi connectivity index (χ1) is 20.7. The number of carbonyl (C=O) groups is 2. The average molecular weight is 592 g/mol. The zero-order valence-electron chi connectivity index (χ0n) is 23.1. The van der Waals surface area contributed by atoms with Crippen LogP contribution in [0.3, 0.4) is 0 Å². The predicted octanol–water partition coefficient (Wildman–Crippen LogP) is 5.03. The number of rotatable bonds is 9. The van der Waals surface area contributed by atoms with Crippen LogP contribution in [0.2, 0.25) is 0 Å². The zero-order valence-corrected chi connectivity index (χ0v) is 23.1. The zero-order chi connectivity index (χ0) is 30.4. The fourth-order valence-electron chi connectivity index (χ4n) is 4.57. The SMILES string of the molecule is CCCc1ccccc1N1C(=O)CN/C1=N\C(=O)NCCc1ccc(-c2ncn(-c3ccc(OC(F)(F)F)cc3)n2)cc1. The minimum Gasteiger partial charge on any atom is -0.406 e. The molecule has 1 saturated heterocycles. The van der Waals surface area contributed by atoms with Gasteiger partial charge < -0.3 is 15.4 Å². The van der Waals surface area contributed by atoms with Crippen LogP contribution in [0.15, 0.2) is 84.1 Å². The van der Waals surface area contributed by atoms with Gasteiger partial charge in [0, 0.05) is 12.1 Å². The molecule has 2 heterocycles. The number of nitrogens with one attached hydrogen (secondary N) is 2. The van der Waals surface area contributed by atoms with E-state index in [0.29, 0.717) is 24.5 Å². The van der Waals surface area contributed by atoms with Crippen LogP contribution in [-0.4, -0.2) is 52.1 Å². The number of amides is 3. The number of nitrogens with zero attached hydrogens (tertiary/aromatic N) is 5. The van der Waals surface area contributed by atoms with Crippen molar-refractivity contribution in [1.29, 1.82) is 0 Å². The van der Waals surface area contributed by atoms with E-state index in [0.717, 1.165) is 35.2 Å². The lowest BCUT2D eigenvalue weighted by molar-refractivity contribution is -0.274. The minimum atomic E-state index is -4.76. The van der Waals surface area contributed by atoms with Crippen LogP contribution in [0, 0.1) is 0 Å². The highest BCUT2D eigenvalue weighted by atomic mass is 19.4. The third kappa shape index (κ3) is 7.36. The van der Waals surface area contributed by atoms with Crippen molar-refractivity contribution in [2.24, 2.45) is 4.99 Å². The van der Waals surface area contributed by atoms with Crippen LogP contribution in [0.5, 0.6) is 5.75 Å². The molecule has 0 saturated carbocycles. The predicted molar refractivity (Wildman–Crippen MR) is 154 cm³/mol. The van der Waals surface area contributed by atoms with Crippen LogP contribution < -0.4 is 20.3 Å². The van der Waals surface area contributed by atoms with Crippen molar-refractivity contribution in [3.8, 4) is 22.8 Å². The molecule has 0 aliphatic carbocycles. The maximum absolute atomic E-state index is 12.6. The van der Waals surface area contributed by atoms with E-state index in [2.05, 4.69) is 37.4 Å². The monoisotopic (exact) mass is 591 g/mol. The van der Waals surface area contributed by atoms with Crippen molar-refractivity contribution in [3.05, 3.63) is 90.3 Å². The molecule has 3 amide bonds. The number of anilines is 1. The largest absolute Gasteiger partial charge is 0.573 e. The molecule has 5 rings (SSSR count). The molecule has 13 heteroatoms. The van der Waals surface area contributed by atoms with Gasteiger partial charge in [-0.3, -0.25) is 4.79 Å². The lowest BCUT2D eigenvalue weighted by Crippen LogP contribution is -2.35. The molecule has 4 aromatic rings. The molecular weight excluding hydrogens is 563 g/mol. The van der Waals surface area contributed by atoms with Gasteiger partial charge in [-0.05, 0) is 54.3 Å². The molecule has 222 valence electrons. The summed E-state index contributed by atoms with van der Waals surface area (Å²) in [5, 5.41) is 10.1. The second-order valence-electron chi connectivity index (χ2n) is 9.63.